The Hall–Kier alpha value is -1.91. The summed E-state index contributed by atoms with van der Waals surface area (Å²) in [6, 6.07) is 17.2. The fourth-order valence-corrected chi connectivity index (χ4v) is 3.63. The van der Waals surface area contributed by atoms with Crippen LogP contribution in [0.2, 0.25) is 0 Å². The maximum absolute atomic E-state index is 5.64. The molecule has 22 heavy (non-hydrogen) atoms. The minimum Gasteiger partial charge on any atom is -0.320 e. The standard InChI is InChI=1S/C18H19N3S/c1-19-16-8-4-5-9-17(16)21(18(19)22)13-20-11-10-14-6-2-3-7-15(14)12-20/h2-9H,10-13H2,1H3. The van der Waals surface area contributed by atoms with E-state index >= 15 is 0 Å². The van der Waals surface area contributed by atoms with Crippen molar-refractivity contribution < 1.29 is 0 Å². The van der Waals surface area contributed by atoms with Crippen LogP contribution < -0.4 is 0 Å². The SMILES string of the molecule is Cn1c(=S)n(CN2CCc3ccccc3C2)c2ccccc21. The molecule has 3 aromatic rings. The van der Waals surface area contributed by atoms with Crippen LogP contribution in [0.3, 0.4) is 0 Å². The molecule has 2 aromatic carbocycles. The Bertz CT molecular complexity index is 891. The molecular weight excluding hydrogens is 290 g/mol. The molecule has 3 nitrogen and oxygen atoms in total. The molecule has 112 valence electrons. The maximum Gasteiger partial charge on any atom is 0.181 e. The van der Waals surface area contributed by atoms with Gasteiger partial charge in [0.25, 0.3) is 0 Å². The molecule has 0 saturated carbocycles. The summed E-state index contributed by atoms with van der Waals surface area (Å²) in [6.45, 7) is 2.94. The highest BCUT2D eigenvalue weighted by Gasteiger charge is 2.17. The minimum absolute atomic E-state index is 0.856. The quantitative estimate of drug-likeness (QED) is 0.669. The molecule has 0 amide bonds. The zero-order chi connectivity index (χ0) is 15.1. The number of nitrogens with zero attached hydrogens (tertiary/aromatic N) is 3. The van der Waals surface area contributed by atoms with E-state index in [9.17, 15) is 0 Å². The van der Waals surface area contributed by atoms with Crippen molar-refractivity contribution >= 4 is 23.3 Å². The highest BCUT2D eigenvalue weighted by molar-refractivity contribution is 7.71. The number of hydrogen-bond donors (Lipinski definition) is 0. The summed E-state index contributed by atoms with van der Waals surface area (Å²) in [4.78, 5) is 2.48. The van der Waals surface area contributed by atoms with Gasteiger partial charge in [-0.15, -0.1) is 0 Å². The molecule has 1 aromatic heterocycles. The highest BCUT2D eigenvalue weighted by atomic mass is 32.1. The summed E-state index contributed by atoms with van der Waals surface area (Å²) in [5.41, 5.74) is 5.35. The number of rotatable bonds is 2. The van der Waals surface area contributed by atoms with Crippen molar-refractivity contribution in [3.05, 3.63) is 64.4 Å². The second-order valence-corrected chi connectivity index (χ2v) is 6.34. The molecule has 4 rings (SSSR count). The first-order valence-corrected chi connectivity index (χ1v) is 8.08. The lowest BCUT2D eigenvalue weighted by Gasteiger charge is -2.29. The predicted molar refractivity (Wildman–Crippen MR) is 92.3 cm³/mol. The summed E-state index contributed by atoms with van der Waals surface area (Å²) in [6.07, 6.45) is 1.12. The lowest BCUT2D eigenvalue weighted by molar-refractivity contribution is 0.201. The Labute approximate surface area is 135 Å². The Balaban J connectivity index is 1.68. The Kier molecular flexibility index (Phi) is 3.36. The van der Waals surface area contributed by atoms with Gasteiger partial charge in [0.1, 0.15) is 0 Å². The largest absolute Gasteiger partial charge is 0.320 e. The van der Waals surface area contributed by atoms with Gasteiger partial charge in [0.05, 0.1) is 17.7 Å². The van der Waals surface area contributed by atoms with Crippen LogP contribution in [-0.4, -0.2) is 20.6 Å². The van der Waals surface area contributed by atoms with E-state index in [4.69, 9.17) is 12.2 Å². The molecule has 0 atom stereocenters. The van der Waals surface area contributed by atoms with Crippen molar-refractivity contribution in [2.45, 2.75) is 19.6 Å². The Morgan fingerprint density at radius 2 is 1.64 bits per heavy atom. The predicted octanol–water partition coefficient (Wildman–Crippen LogP) is 3.73. The normalized spacial score (nSPS) is 15.1. The van der Waals surface area contributed by atoms with Crippen LogP contribution in [0.25, 0.3) is 11.0 Å². The first kappa shape index (κ1) is 13.7. The molecule has 4 heteroatoms. The van der Waals surface area contributed by atoms with Crippen molar-refractivity contribution in [2.75, 3.05) is 6.54 Å². The maximum atomic E-state index is 5.64. The van der Waals surface area contributed by atoms with Crippen LogP contribution in [0.15, 0.2) is 48.5 Å². The molecule has 0 radical (unpaired) electrons. The van der Waals surface area contributed by atoms with Gasteiger partial charge >= 0.3 is 0 Å². The molecule has 0 saturated heterocycles. The van der Waals surface area contributed by atoms with Gasteiger partial charge < -0.3 is 9.13 Å². The van der Waals surface area contributed by atoms with Crippen molar-refractivity contribution in [3.8, 4) is 0 Å². The number of para-hydroxylation sites is 2. The summed E-state index contributed by atoms with van der Waals surface area (Å²) in [5, 5.41) is 0. The fourth-order valence-electron chi connectivity index (χ4n) is 3.37. The fraction of sp³-hybridized carbons (Fsp3) is 0.278. The lowest BCUT2D eigenvalue weighted by atomic mass is 10.0. The van der Waals surface area contributed by atoms with Gasteiger partial charge in [-0.3, -0.25) is 4.90 Å². The molecule has 0 fully saturated rings. The number of benzene rings is 2. The summed E-state index contributed by atoms with van der Waals surface area (Å²) in [5.74, 6) is 0. The van der Waals surface area contributed by atoms with Gasteiger partial charge in [0.2, 0.25) is 0 Å². The third-order valence-corrected chi connectivity index (χ3v) is 5.10. The Morgan fingerprint density at radius 3 is 2.45 bits per heavy atom. The van der Waals surface area contributed by atoms with Crippen molar-refractivity contribution in [2.24, 2.45) is 7.05 Å². The summed E-state index contributed by atoms with van der Waals surface area (Å²) >= 11 is 5.64. The lowest BCUT2D eigenvalue weighted by Crippen LogP contribution is -2.32. The number of fused-ring (bicyclic) bond motifs is 2. The monoisotopic (exact) mass is 309 g/mol. The first-order chi connectivity index (χ1) is 10.7. The molecule has 0 bridgehead atoms. The third-order valence-electron chi connectivity index (χ3n) is 4.60. The van der Waals surface area contributed by atoms with Crippen molar-refractivity contribution in [3.63, 3.8) is 0 Å². The number of imidazole rings is 1. The smallest absolute Gasteiger partial charge is 0.181 e. The van der Waals surface area contributed by atoms with E-state index in [-0.39, 0.29) is 0 Å². The van der Waals surface area contributed by atoms with Crippen LogP contribution >= 0.6 is 12.2 Å². The van der Waals surface area contributed by atoms with Gasteiger partial charge in [-0.2, -0.15) is 0 Å². The second kappa shape index (κ2) is 5.38. The van der Waals surface area contributed by atoms with Crippen LogP contribution in [0, 0.1) is 4.77 Å². The van der Waals surface area contributed by atoms with Gasteiger partial charge in [-0.25, -0.2) is 0 Å². The van der Waals surface area contributed by atoms with Crippen LogP contribution in [0.4, 0.5) is 0 Å². The molecule has 0 aliphatic carbocycles. The van der Waals surface area contributed by atoms with Gasteiger partial charge in [0.15, 0.2) is 4.77 Å². The Morgan fingerprint density at radius 1 is 0.955 bits per heavy atom. The zero-order valence-electron chi connectivity index (χ0n) is 12.7. The molecule has 1 aliphatic heterocycles. The summed E-state index contributed by atoms with van der Waals surface area (Å²) in [7, 11) is 2.05. The van der Waals surface area contributed by atoms with E-state index < -0.39 is 0 Å². The van der Waals surface area contributed by atoms with E-state index in [0.717, 1.165) is 31.0 Å². The van der Waals surface area contributed by atoms with Crippen molar-refractivity contribution in [1.29, 1.82) is 0 Å². The number of aromatic nitrogens is 2. The van der Waals surface area contributed by atoms with E-state index in [1.807, 2.05) is 7.05 Å². The number of aryl methyl sites for hydroxylation is 1. The van der Waals surface area contributed by atoms with E-state index in [1.54, 1.807) is 0 Å². The molecule has 0 unspecified atom stereocenters. The summed E-state index contributed by atoms with van der Waals surface area (Å²) < 4.78 is 5.24. The third kappa shape index (κ3) is 2.19. The van der Waals surface area contributed by atoms with Crippen LogP contribution in [-0.2, 0) is 26.7 Å². The zero-order valence-corrected chi connectivity index (χ0v) is 13.5. The van der Waals surface area contributed by atoms with Gasteiger partial charge in [-0.1, -0.05) is 36.4 Å². The minimum atomic E-state index is 0.856. The van der Waals surface area contributed by atoms with Gasteiger partial charge in [-0.05, 0) is 41.9 Å². The average molecular weight is 309 g/mol. The molecule has 2 heterocycles. The molecule has 1 aliphatic rings. The van der Waals surface area contributed by atoms with E-state index in [0.29, 0.717) is 0 Å². The van der Waals surface area contributed by atoms with Crippen LogP contribution in [0.1, 0.15) is 11.1 Å². The topological polar surface area (TPSA) is 13.1 Å². The average Bonchev–Trinajstić information content (AvgIpc) is 2.80. The molecule has 0 spiro atoms. The molecular formula is C18H19N3S. The van der Waals surface area contributed by atoms with Crippen molar-refractivity contribution in [1.82, 2.24) is 14.0 Å². The number of hydrogen-bond acceptors (Lipinski definition) is 2. The van der Waals surface area contributed by atoms with Crippen LogP contribution in [0.5, 0.6) is 0 Å². The molecule has 0 N–H and O–H groups in total. The first-order valence-electron chi connectivity index (χ1n) is 7.67. The van der Waals surface area contributed by atoms with E-state index in [1.165, 1.54) is 22.2 Å². The highest BCUT2D eigenvalue weighted by Crippen LogP contribution is 2.21. The van der Waals surface area contributed by atoms with E-state index in [2.05, 4.69) is 62.6 Å². The van der Waals surface area contributed by atoms with Gasteiger partial charge in [0, 0.05) is 20.1 Å². The second-order valence-electron chi connectivity index (χ2n) is 5.97.